The maximum Gasteiger partial charge on any atom is 0.294 e. The molecule has 0 unspecified atom stereocenters. The van der Waals surface area contributed by atoms with Crippen molar-refractivity contribution in [2.75, 3.05) is 0 Å². The molecule has 1 N–H and O–H groups in total. The maximum absolute atomic E-state index is 12.0. The molecule has 0 saturated heterocycles. The van der Waals surface area contributed by atoms with Crippen LogP contribution in [0, 0.1) is 0 Å². The highest BCUT2D eigenvalue weighted by molar-refractivity contribution is 7.85. The van der Waals surface area contributed by atoms with Crippen LogP contribution in [0.1, 0.15) is 89.2 Å². The summed E-state index contributed by atoms with van der Waals surface area (Å²) in [7, 11) is -4.22. The lowest BCUT2D eigenvalue weighted by atomic mass is 9.93. The van der Waals surface area contributed by atoms with Crippen molar-refractivity contribution in [3.05, 3.63) is 41.5 Å². The van der Waals surface area contributed by atoms with Crippen molar-refractivity contribution >= 4 is 20.9 Å². The van der Waals surface area contributed by atoms with E-state index >= 15 is 0 Å². The molecule has 156 valence electrons. The number of aryl methyl sites for hydroxylation is 2. The monoisotopic (exact) mass is 404 g/mol. The van der Waals surface area contributed by atoms with Crippen molar-refractivity contribution in [1.29, 1.82) is 0 Å². The average molecular weight is 405 g/mol. The molecule has 0 saturated carbocycles. The molecule has 0 spiro atoms. The minimum absolute atomic E-state index is 0.0916. The van der Waals surface area contributed by atoms with Crippen molar-refractivity contribution in [2.24, 2.45) is 0 Å². The van der Waals surface area contributed by atoms with Crippen LogP contribution in [0.4, 0.5) is 0 Å². The molecule has 0 atom stereocenters. The van der Waals surface area contributed by atoms with Crippen LogP contribution in [0.3, 0.4) is 0 Å². The summed E-state index contributed by atoms with van der Waals surface area (Å²) in [6, 6.07) is 9.63. The summed E-state index contributed by atoms with van der Waals surface area (Å²) in [5.74, 6) is 0. The maximum atomic E-state index is 12.0. The Morgan fingerprint density at radius 1 is 0.750 bits per heavy atom. The molecule has 0 fully saturated rings. The molecule has 3 nitrogen and oxygen atoms in total. The van der Waals surface area contributed by atoms with Crippen LogP contribution in [-0.2, 0) is 23.0 Å². The van der Waals surface area contributed by atoms with Gasteiger partial charge in [-0.25, -0.2) is 0 Å². The van der Waals surface area contributed by atoms with E-state index in [0.717, 1.165) is 42.0 Å². The predicted octanol–water partition coefficient (Wildman–Crippen LogP) is 7.11. The van der Waals surface area contributed by atoms with Crippen LogP contribution in [0.2, 0.25) is 0 Å². The van der Waals surface area contributed by atoms with Gasteiger partial charge in [-0.2, -0.15) is 8.42 Å². The molecule has 0 amide bonds. The smallest absolute Gasteiger partial charge is 0.282 e. The minimum atomic E-state index is -4.22. The number of hydrogen-bond donors (Lipinski definition) is 1. The van der Waals surface area contributed by atoms with Gasteiger partial charge >= 0.3 is 0 Å². The Balaban J connectivity index is 2.33. The van der Waals surface area contributed by atoms with E-state index in [4.69, 9.17) is 0 Å². The average Bonchev–Trinajstić information content (AvgIpc) is 2.66. The molecule has 2 rings (SSSR count). The molecular formula is C24H36O3S. The molecule has 28 heavy (non-hydrogen) atoms. The zero-order chi connectivity index (χ0) is 20.4. The Morgan fingerprint density at radius 3 is 1.96 bits per heavy atom. The summed E-state index contributed by atoms with van der Waals surface area (Å²) in [4.78, 5) is 0.0916. The zero-order valence-corrected chi connectivity index (χ0v) is 18.4. The molecule has 4 heteroatoms. The third-order valence-electron chi connectivity index (χ3n) is 5.55. The second-order valence-electron chi connectivity index (χ2n) is 7.86. The molecule has 0 bridgehead atoms. The Kier molecular flexibility index (Phi) is 9.46. The van der Waals surface area contributed by atoms with E-state index in [1.165, 1.54) is 50.5 Å². The summed E-state index contributed by atoms with van der Waals surface area (Å²) in [5, 5.41) is 2.12. The SMILES string of the molecule is CCCCCCCc1cccc2ccc(S(=O)(=O)O)c(CCCCCCC)c12. The van der Waals surface area contributed by atoms with Crippen LogP contribution in [0.25, 0.3) is 10.8 Å². The molecule has 0 aliphatic rings. The van der Waals surface area contributed by atoms with Gasteiger partial charge in [0.1, 0.15) is 0 Å². The largest absolute Gasteiger partial charge is 0.294 e. The fraction of sp³-hybridized carbons (Fsp3) is 0.583. The fourth-order valence-corrected chi connectivity index (χ4v) is 4.79. The highest BCUT2D eigenvalue weighted by atomic mass is 32.2. The van der Waals surface area contributed by atoms with Gasteiger partial charge in [0.25, 0.3) is 10.1 Å². The van der Waals surface area contributed by atoms with Gasteiger partial charge in [-0.15, -0.1) is 0 Å². The second-order valence-corrected chi connectivity index (χ2v) is 9.25. The van der Waals surface area contributed by atoms with Crippen molar-refractivity contribution in [3.63, 3.8) is 0 Å². The van der Waals surface area contributed by atoms with Gasteiger partial charge in [-0.1, -0.05) is 89.5 Å². The summed E-state index contributed by atoms with van der Waals surface area (Å²) >= 11 is 0. The van der Waals surface area contributed by atoms with Crippen molar-refractivity contribution in [1.82, 2.24) is 0 Å². The molecular weight excluding hydrogens is 368 g/mol. The van der Waals surface area contributed by atoms with E-state index in [-0.39, 0.29) is 4.90 Å². The molecule has 0 aromatic heterocycles. The lowest BCUT2D eigenvalue weighted by Gasteiger charge is -2.15. The lowest BCUT2D eigenvalue weighted by Crippen LogP contribution is -2.05. The van der Waals surface area contributed by atoms with Gasteiger partial charge in [0.05, 0.1) is 4.90 Å². The number of hydrogen-bond acceptors (Lipinski definition) is 2. The first-order valence-corrected chi connectivity index (χ1v) is 12.4. The van der Waals surface area contributed by atoms with Gasteiger partial charge in [0.2, 0.25) is 0 Å². The number of benzene rings is 2. The number of rotatable bonds is 13. The molecule has 0 aliphatic carbocycles. The first-order valence-electron chi connectivity index (χ1n) is 11.0. The van der Waals surface area contributed by atoms with E-state index < -0.39 is 10.1 Å². The minimum Gasteiger partial charge on any atom is -0.282 e. The zero-order valence-electron chi connectivity index (χ0n) is 17.5. The van der Waals surface area contributed by atoms with Crippen molar-refractivity contribution in [2.45, 2.75) is 95.8 Å². The van der Waals surface area contributed by atoms with Crippen LogP contribution >= 0.6 is 0 Å². The van der Waals surface area contributed by atoms with Crippen molar-refractivity contribution in [3.8, 4) is 0 Å². The molecule has 0 heterocycles. The van der Waals surface area contributed by atoms with Crippen LogP contribution in [-0.4, -0.2) is 13.0 Å². The lowest BCUT2D eigenvalue weighted by molar-refractivity contribution is 0.482. The van der Waals surface area contributed by atoms with E-state index in [1.807, 2.05) is 12.1 Å². The summed E-state index contributed by atoms with van der Waals surface area (Å²) in [5.41, 5.74) is 2.02. The Morgan fingerprint density at radius 2 is 1.36 bits per heavy atom. The number of fused-ring (bicyclic) bond motifs is 1. The highest BCUT2D eigenvalue weighted by Gasteiger charge is 2.19. The first-order chi connectivity index (χ1) is 13.5. The van der Waals surface area contributed by atoms with E-state index in [2.05, 4.69) is 26.0 Å². The molecule has 2 aromatic rings. The van der Waals surface area contributed by atoms with Crippen molar-refractivity contribution < 1.29 is 13.0 Å². The van der Waals surface area contributed by atoms with Gasteiger partial charge < -0.3 is 0 Å². The molecule has 0 aliphatic heterocycles. The summed E-state index contributed by atoms with van der Waals surface area (Å²) in [6.07, 6.45) is 13.3. The topological polar surface area (TPSA) is 54.4 Å². The second kappa shape index (κ2) is 11.6. The fourth-order valence-electron chi connectivity index (χ4n) is 4.04. The Hall–Kier alpha value is -1.39. The third-order valence-corrected chi connectivity index (χ3v) is 6.49. The van der Waals surface area contributed by atoms with Gasteiger partial charge in [0.15, 0.2) is 0 Å². The van der Waals surface area contributed by atoms with E-state index in [9.17, 15) is 13.0 Å². The first kappa shape index (κ1) is 22.9. The standard InChI is InChI=1S/C24H36O3S/c1-3-5-7-9-11-14-20-15-13-16-21-18-19-23(28(25,26)27)22(24(20)21)17-12-10-8-6-4-2/h13,15-16,18-19H,3-12,14,17H2,1-2H3,(H,25,26,27). The predicted molar refractivity (Wildman–Crippen MR) is 119 cm³/mol. The molecule has 0 radical (unpaired) electrons. The Labute approximate surface area is 171 Å². The van der Waals surface area contributed by atoms with Gasteiger partial charge in [0, 0.05) is 0 Å². The van der Waals surface area contributed by atoms with E-state index in [0.29, 0.717) is 6.42 Å². The Bertz CT molecular complexity index is 840. The highest BCUT2D eigenvalue weighted by Crippen LogP contribution is 2.31. The van der Waals surface area contributed by atoms with Gasteiger partial charge in [-0.3, -0.25) is 4.55 Å². The van der Waals surface area contributed by atoms with Crippen LogP contribution in [0.5, 0.6) is 0 Å². The third kappa shape index (κ3) is 6.59. The molecule has 2 aromatic carbocycles. The summed E-state index contributed by atoms with van der Waals surface area (Å²) in [6.45, 7) is 4.41. The quantitative estimate of drug-likeness (QED) is 0.286. The van der Waals surface area contributed by atoms with Crippen LogP contribution < -0.4 is 0 Å². The number of unbranched alkanes of at least 4 members (excludes halogenated alkanes) is 8. The van der Waals surface area contributed by atoms with Gasteiger partial charge in [-0.05, 0) is 53.6 Å². The summed E-state index contributed by atoms with van der Waals surface area (Å²) < 4.78 is 33.9. The van der Waals surface area contributed by atoms with E-state index in [1.54, 1.807) is 6.07 Å². The van der Waals surface area contributed by atoms with Crippen LogP contribution in [0.15, 0.2) is 35.2 Å². The normalized spacial score (nSPS) is 12.0.